The maximum Gasteiger partial charge on any atom is 0.113 e. The van der Waals surface area contributed by atoms with Gasteiger partial charge in [-0.15, -0.1) is 11.3 Å². The lowest BCUT2D eigenvalue weighted by molar-refractivity contribution is 0.732. The Bertz CT molecular complexity index is 611. The second-order valence-electron chi connectivity index (χ2n) is 5.53. The van der Waals surface area contributed by atoms with Gasteiger partial charge in [0.2, 0.25) is 0 Å². The van der Waals surface area contributed by atoms with Crippen molar-refractivity contribution in [1.82, 2.24) is 4.98 Å². The summed E-state index contributed by atoms with van der Waals surface area (Å²) in [7, 11) is 0. The Hall–Kier alpha value is -1.19. The largest absolute Gasteiger partial charge is 0.319 e. The smallest absolute Gasteiger partial charge is 0.113 e. The fraction of sp³-hybridized carbons (Fsp3) is 0.400. The van der Waals surface area contributed by atoms with Gasteiger partial charge in [0, 0.05) is 10.9 Å². The maximum atomic E-state index is 6.20. The number of hydrogen-bond donors (Lipinski definition) is 1. The topological polar surface area (TPSA) is 38.9 Å². The van der Waals surface area contributed by atoms with Crippen molar-refractivity contribution in [1.29, 1.82) is 0 Å². The van der Waals surface area contributed by atoms with Crippen LogP contribution in [0, 0.1) is 0 Å². The van der Waals surface area contributed by atoms with Gasteiger partial charge in [-0.1, -0.05) is 12.1 Å². The molecule has 0 amide bonds. The Balaban J connectivity index is 1.72. The highest BCUT2D eigenvalue weighted by Gasteiger charge is 2.42. The minimum Gasteiger partial charge on any atom is -0.319 e. The Morgan fingerprint density at radius 1 is 1.17 bits per heavy atom. The third-order valence-corrected chi connectivity index (χ3v) is 5.18. The van der Waals surface area contributed by atoms with E-state index in [0.717, 1.165) is 23.5 Å². The Labute approximate surface area is 111 Å². The van der Waals surface area contributed by atoms with Crippen LogP contribution in [0.1, 0.15) is 35.4 Å². The Morgan fingerprint density at radius 2 is 2.00 bits per heavy atom. The van der Waals surface area contributed by atoms with Crippen LogP contribution in [0.25, 0.3) is 11.3 Å². The van der Waals surface area contributed by atoms with Crippen LogP contribution in [-0.2, 0) is 18.4 Å². The van der Waals surface area contributed by atoms with Crippen LogP contribution in [0.3, 0.4) is 0 Å². The number of aryl methyl sites for hydroxylation is 2. The number of fused-ring (bicyclic) bond motifs is 1. The van der Waals surface area contributed by atoms with Crippen molar-refractivity contribution in [3.63, 3.8) is 0 Å². The van der Waals surface area contributed by atoms with E-state index in [2.05, 4.69) is 23.6 Å². The molecule has 0 saturated heterocycles. The predicted molar refractivity (Wildman–Crippen MR) is 74.7 cm³/mol. The number of nitrogens with zero attached hydrogens (tertiary/aromatic N) is 1. The number of benzene rings is 1. The molecule has 2 aliphatic rings. The molecule has 0 radical (unpaired) electrons. The molecule has 0 unspecified atom stereocenters. The Kier molecular flexibility index (Phi) is 2.17. The molecule has 0 atom stereocenters. The van der Waals surface area contributed by atoms with Crippen molar-refractivity contribution in [3.8, 4) is 11.3 Å². The standard InChI is InChI=1S/C15H16N2S/c16-15(6-7-15)14-17-13(9-18-14)12-5-4-10-2-1-3-11(10)8-12/h4-5,8-9H,1-3,6-7,16H2. The molecule has 0 spiro atoms. The van der Waals surface area contributed by atoms with Gasteiger partial charge in [-0.2, -0.15) is 0 Å². The average Bonchev–Trinajstić information content (AvgIpc) is 2.89. The number of nitrogens with two attached hydrogens (primary N) is 1. The number of thiazole rings is 1. The van der Waals surface area contributed by atoms with E-state index < -0.39 is 0 Å². The molecule has 1 fully saturated rings. The molecule has 2 nitrogen and oxygen atoms in total. The molecule has 4 rings (SSSR count). The molecule has 18 heavy (non-hydrogen) atoms. The third kappa shape index (κ3) is 1.62. The zero-order chi connectivity index (χ0) is 12.2. The van der Waals surface area contributed by atoms with Crippen LogP contribution < -0.4 is 5.73 Å². The van der Waals surface area contributed by atoms with Crippen molar-refractivity contribution in [2.24, 2.45) is 5.73 Å². The zero-order valence-corrected chi connectivity index (χ0v) is 11.1. The summed E-state index contributed by atoms with van der Waals surface area (Å²) in [4.78, 5) is 4.73. The fourth-order valence-electron chi connectivity index (χ4n) is 2.71. The van der Waals surface area contributed by atoms with Gasteiger partial charge in [-0.05, 0) is 49.3 Å². The van der Waals surface area contributed by atoms with Crippen LogP contribution in [0.4, 0.5) is 0 Å². The van der Waals surface area contributed by atoms with Crippen molar-refractivity contribution in [3.05, 3.63) is 39.7 Å². The molecule has 1 saturated carbocycles. The summed E-state index contributed by atoms with van der Waals surface area (Å²) in [6, 6.07) is 6.79. The average molecular weight is 256 g/mol. The van der Waals surface area contributed by atoms with Gasteiger partial charge in [-0.3, -0.25) is 0 Å². The molecule has 92 valence electrons. The molecule has 1 aromatic heterocycles. The number of rotatable bonds is 2. The second kappa shape index (κ2) is 3.65. The lowest BCUT2D eigenvalue weighted by Crippen LogP contribution is -2.18. The molecule has 1 aromatic carbocycles. The van der Waals surface area contributed by atoms with E-state index in [1.165, 1.54) is 36.0 Å². The molecule has 0 aliphatic heterocycles. The highest BCUT2D eigenvalue weighted by molar-refractivity contribution is 7.10. The molecular formula is C15H16N2S. The summed E-state index contributed by atoms with van der Waals surface area (Å²) in [5, 5.41) is 3.26. The van der Waals surface area contributed by atoms with E-state index >= 15 is 0 Å². The molecule has 1 heterocycles. The van der Waals surface area contributed by atoms with Gasteiger partial charge in [0.15, 0.2) is 0 Å². The van der Waals surface area contributed by atoms with Crippen LogP contribution in [0.5, 0.6) is 0 Å². The van der Waals surface area contributed by atoms with E-state index in [-0.39, 0.29) is 5.54 Å². The second-order valence-corrected chi connectivity index (χ2v) is 6.39. The number of hydrogen-bond acceptors (Lipinski definition) is 3. The first-order valence-electron chi connectivity index (χ1n) is 6.62. The van der Waals surface area contributed by atoms with E-state index in [9.17, 15) is 0 Å². The summed E-state index contributed by atoms with van der Waals surface area (Å²) < 4.78 is 0. The molecule has 2 aromatic rings. The summed E-state index contributed by atoms with van der Waals surface area (Å²) in [5.74, 6) is 0. The van der Waals surface area contributed by atoms with Crippen molar-refractivity contribution < 1.29 is 0 Å². The van der Waals surface area contributed by atoms with Crippen molar-refractivity contribution in [2.45, 2.75) is 37.6 Å². The van der Waals surface area contributed by atoms with E-state index in [4.69, 9.17) is 10.7 Å². The number of aromatic nitrogens is 1. The first kappa shape index (κ1) is 10.7. The monoisotopic (exact) mass is 256 g/mol. The van der Waals surface area contributed by atoms with E-state index in [0.29, 0.717) is 0 Å². The fourth-order valence-corrected chi connectivity index (χ4v) is 3.72. The van der Waals surface area contributed by atoms with Crippen molar-refractivity contribution in [2.75, 3.05) is 0 Å². The normalized spacial score (nSPS) is 19.8. The molecule has 3 heteroatoms. The van der Waals surface area contributed by atoms with Crippen LogP contribution >= 0.6 is 11.3 Å². The molecule has 0 bridgehead atoms. The first-order chi connectivity index (χ1) is 8.74. The van der Waals surface area contributed by atoms with Gasteiger partial charge in [0.1, 0.15) is 5.01 Å². The van der Waals surface area contributed by atoms with E-state index in [1.54, 1.807) is 11.3 Å². The predicted octanol–water partition coefficient (Wildman–Crippen LogP) is 3.25. The SMILES string of the molecule is NC1(c2nc(-c3ccc4c(c3)CCC4)cs2)CC1. The zero-order valence-electron chi connectivity index (χ0n) is 10.3. The highest BCUT2D eigenvalue weighted by Crippen LogP contribution is 2.44. The minimum absolute atomic E-state index is 0.0976. The minimum atomic E-state index is -0.0976. The van der Waals surface area contributed by atoms with Crippen LogP contribution in [0.15, 0.2) is 23.6 Å². The highest BCUT2D eigenvalue weighted by atomic mass is 32.1. The summed E-state index contributed by atoms with van der Waals surface area (Å²) >= 11 is 1.71. The van der Waals surface area contributed by atoms with Crippen molar-refractivity contribution >= 4 is 11.3 Å². The summed E-state index contributed by atoms with van der Waals surface area (Å²) in [6.07, 6.45) is 5.94. The van der Waals surface area contributed by atoms with E-state index in [1.807, 2.05) is 0 Å². The molecule has 2 aliphatic carbocycles. The third-order valence-electron chi connectivity index (χ3n) is 4.11. The van der Waals surface area contributed by atoms with Gasteiger partial charge in [-0.25, -0.2) is 4.98 Å². The lowest BCUT2D eigenvalue weighted by Gasteiger charge is -2.03. The molecular weight excluding hydrogens is 240 g/mol. The quantitative estimate of drug-likeness (QED) is 0.896. The maximum absolute atomic E-state index is 6.20. The van der Waals surface area contributed by atoms with Gasteiger partial charge in [0.25, 0.3) is 0 Å². The molecule has 2 N–H and O–H groups in total. The van der Waals surface area contributed by atoms with Gasteiger partial charge < -0.3 is 5.73 Å². The Morgan fingerprint density at radius 3 is 2.83 bits per heavy atom. The van der Waals surface area contributed by atoms with Crippen LogP contribution in [-0.4, -0.2) is 4.98 Å². The first-order valence-corrected chi connectivity index (χ1v) is 7.50. The van der Waals surface area contributed by atoms with Gasteiger partial charge >= 0.3 is 0 Å². The lowest BCUT2D eigenvalue weighted by atomic mass is 10.1. The van der Waals surface area contributed by atoms with Crippen LogP contribution in [0.2, 0.25) is 0 Å². The summed E-state index contributed by atoms with van der Waals surface area (Å²) in [6.45, 7) is 0. The van der Waals surface area contributed by atoms with Gasteiger partial charge in [0.05, 0.1) is 11.2 Å². The summed E-state index contributed by atoms with van der Waals surface area (Å²) in [5.41, 5.74) is 11.5.